The summed E-state index contributed by atoms with van der Waals surface area (Å²) in [6.07, 6.45) is 4.86. The highest BCUT2D eigenvalue weighted by Crippen LogP contribution is 2.20. The van der Waals surface area contributed by atoms with Crippen LogP contribution in [0.4, 0.5) is 5.95 Å². The van der Waals surface area contributed by atoms with Gasteiger partial charge >= 0.3 is 0 Å². The van der Waals surface area contributed by atoms with Gasteiger partial charge in [-0.2, -0.15) is 0 Å². The number of carbonyl (C=O) groups excluding carboxylic acids is 1. The van der Waals surface area contributed by atoms with Crippen molar-refractivity contribution in [1.82, 2.24) is 24.4 Å². The van der Waals surface area contributed by atoms with Gasteiger partial charge in [-0.15, -0.1) is 11.3 Å². The maximum Gasteiger partial charge on any atom is 0.254 e. The summed E-state index contributed by atoms with van der Waals surface area (Å²) in [6, 6.07) is 7.08. The SMILES string of the molecule is O=C(Cn1cnc(-c2cccs2)cc1=O)N1CCN(c2ncccn2)CC1. The maximum atomic E-state index is 12.6. The largest absolute Gasteiger partial charge is 0.338 e. The molecule has 0 radical (unpaired) electrons. The Bertz CT molecular complexity index is 965. The van der Waals surface area contributed by atoms with Crippen LogP contribution in [0, 0.1) is 0 Å². The quantitative estimate of drug-likeness (QED) is 0.672. The lowest BCUT2D eigenvalue weighted by atomic mass is 10.3. The molecule has 3 aromatic rings. The van der Waals surface area contributed by atoms with Crippen LogP contribution in [0.5, 0.6) is 0 Å². The third-order valence-corrected chi connectivity index (χ3v) is 5.32. The summed E-state index contributed by atoms with van der Waals surface area (Å²) in [5.74, 6) is 0.589. The first-order valence-corrected chi connectivity index (χ1v) is 9.49. The number of amides is 1. The van der Waals surface area contributed by atoms with E-state index in [1.165, 1.54) is 28.3 Å². The first kappa shape index (κ1) is 17.3. The van der Waals surface area contributed by atoms with E-state index < -0.39 is 0 Å². The van der Waals surface area contributed by atoms with Crippen molar-refractivity contribution in [1.29, 1.82) is 0 Å². The number of aromatic nitrogens is 4. The molecule has 0 N–H and O–H groups in total. The first-order chi connectivity index (χ1) is 13.2. The summed E-state index contributed by atoms with van der Waals surface area (Å²) < 4.78 is 1.35. The molecule has 138 valence electrons. The lowest BCUT2D eigenvalue weighted by Crippen LogP contribution is -2.50. The van der Waals surface area contributed by atoms with Gasteiger partial charge in [0.2, 0.25) is 11.9 Å². The molecule has 3 aromatic heterocycles. The third-order valence-electron chi connectivity index (χ3n) is 4.43. The summed E-state index contributed by atoms with van der Waals surface area (Å²) in [5.41, 5.74) is 0.410. The molecule has 0 atom stereocenters. The molecule has 1 aliphatic rings. The molecule has 1 aliphatic heterocycles. The van der Waals surface area contributed by atoms with Crippen LogP contribution in [0.2, 0.25) is 0 Å². The zero-order chi connectivity index (χ0) is 18.6. The van der Waals surface area contributed by atoms with Gasteiger partial charge in [0, 0.05) is 44.6 Å². The highest BCUT2D eigenvalue weighted by Gasteiger charge is 2.22. The number of rotatable bonds is 4. The van der Waals surface area contributed by atoms with Crippen LogP contribution in [0.3, 0.4) is 0 Å². The molecule has 4 heterocycles. The summed E-state index contributed by atoms with van der Waals surface area (Å²) in [4.78, 5) is 42.4. The monoisotopic (exact) mass is 382 g/mol. The van der Waals surface area contributed by atoms with Crippen molar-refractivity contribution in [2.75, 3.05) is 31.1 Å². The fourth-order valence-corrected chi connectivity index (χ4v) is 3.65. The van der Waals surface area contributed by atoms with E-state index in [-0.39, 0.29) is 18.0 Å². The predicted molar refractivity (Wildman–Crippen MR) is 103 cm³/mol. The van der Waals surface area contributed by atoms with Crippen molar-refractivity contribution < 1.29 is 4.79 Å². The number of hydrogen-bond donors (Lipinski definition) is 0. The Kier molecular flexibility index (Phi) is 4.93. The van der Waals surface area contributed by atoms with Crippen LogP contribution in [0.1, 0.15) is 0 Å². The van der Waals surface area contributed by atoms with E-state index in [4.69, 9.17) is 0 Å². The van der Waals surface area contributed by atoms with Gasteiger partial charge in [-0.1, -0.05) is 6.07 Å². The van der Waals surface area contributed by atoms with Gasteiger partial charge in [0.1, 0.15) is 6.54 Å². The van der Waals surface area contributed by atoms with Crippen molar-refractivity contribution >= 4 is 23.2 Å². The summed E-state index contributed by atoms with van der Waals surface area (Å²) in [5, 5.41) is 1.94. The smallest absolute Gasteiger partial charge is 0.254 e. The third kappa shape index (κ3) is 3.87. The number of nitrogens with zero attached hydrogens (tertiary/aromatic N) is 6. The minimum Gasteiger partial charge on any atom is -0.338 e. The molecule has 0 aromatic carbocycles. The second-order valence-electron chi connectivity index (χ2n) is 6.13. The second-order valence-corrected chi connectivity index (χ2v) is 7.08. The van der Waals surface area contributed by atoms with Gasteiger partial charge in [0.25, 0.3) is 5.56 Å². The van der Waals surface area contributed by atoms with Crippen LogP contribution in [-0.4, -0.2) is 56.5 Å². The van der Waals surface area contributed by atoms with Crippen LogP contribution in [0.25, 0.3) is 10.6 Å². The van der Waals surface area contributed by atoms with Gasteiger partial charge in [-0.25, -0.2) is 15.0 Å². The molecule has 1 amide bonds. The van der Waals surface area contributed by atoms with E-state index in [1.54, 1.807) is 23.4 Å². The van der Waals surface area contributed by atoms with Gasteiger partial charge in [0.05, 0.1) is 16.9 Å². The Labute approximate surface area is 159 Å². The zero-order valence-corrected chi connectivity index (χ0v) is 15.4. The molecule has 0 unspecified atom stereocenters. The molecular formula is C18H18N6O2S. The van der Waals surface area contributed by atoms with Crippen molar-refractivity contribution in [3.8, 4) is 10.6 Å². The average Bonchev–Trinajstić information content (AvgIpc) is 3.25. The molecule has 9 heteroatoms. The second kappa shape index (κ2) is 7.67. The van der Waals surface area contributed by atoms with E-state index >= 15 is 0 Å². The Hall–Kier alpha value is -3.07. The van der Waals surface area contributed by atoms with Crippen molar-refractivity contribution in [3.05, 3.63) is 58.7 Å². The summed E-state index contributed by atoms with van der Waals surface area (Å²) in [7, 11) is 0. The molecule has 8 nitrogen and oxygen atoms in total. The van der Waals surface area contributed by atoms with Crippen molar-refractivity contribution in [3.63, 3.8) is 0 Å². The van der Waals surface area contributed by atoms with E-state index in [1.807, 2.05) is 22.4 Å². The molecule has 4 rings (SSSR count). The van der Waals surface area contributed by atoms with Crippen LogP contribution in [0.15, 0.2) is 53.2 Å². The van der Waals surface area contributed by atoms with E-state index in [9.17, 15) is 9.59 Å². The topological polar surface area (TPSA) is 84.2 Å². The predicted octanol–water partition coefficient (Wildman–Crippen LogP) is 1.11. The zero-order valence-electron chi connectivity index (χ0n) is 14.6. The lowest BCUT2D eigenvalue weighted by molar-refractivity contribution is -0.132. The standard InChI is InChI=1S/C18H18N6O2S/c25-16-11-14(15-3-1-10-27-15)21-13-24(16)12-17(26)22-6-8-23(9-7-22)18-19-4-2-5-20-18/h1-5,10-11,13H,6-9,12H2. The number of carbonyl (C=O) groups is 1. The Morgan fingerprint density at radius 3 is 2.52 bits per heavy atom. The maximum absolute atomic E-state index is 12.6. The van der Waals surface area contributed by atoms with Crippen LogP contribution >= 0.6 is 11.3 Å². The average molecular weight is 382 g/mol. The van der Waals surface area contributed by atoms with E-state index in [0.29, 0.717) is 37.8 Å². The number of piperazine rings is 1. The van der Waals surface area contributed by atoms with Gasteiger partial charge in [-0.05, 0) is 17.5 Å². The summed E-state index contributed by atoms with van der Waals surface area (Å²) in [6.45, 7) is 2.48. The number of thiophene rings is 1. The molecule has 0 bridgehead atoms. The van der Waals surface area contributed by atoms with Crippen molar-refractivity contribution in [2.45, 2.75) is 6.54 Å². The summed E-state index contributed by atoms with van der Waals surface area (Å²) >= 11 is 1.52. The fraction of sp³-hybridized carbons (Fsp3) is 0.278. The minimum absolute atomic E-state index is 0.00160. The molecule has 1 fully saturated rings. The lowest BCUT2D eigenvalue weighted by Gasteiger charge is -2.34. The van der Waals surface area contributed by atoms with Gasteiger partial charge in [0.15, 0.2) is 0 Å². The fourth-order valence-electron chi connectivity index (χ4n) is 2.96. The van der Waals surface area contributed by atoms with Gasteiger partial charge < -0.3 is 9.80 Å². The number of anilines is 1. The first-order valence-electron chi connectivity index (χ1n) is 8.61. The van der Waals surface area contributed by atoms with Crippen molar-refractivity contribution in [2.24, 2.45) is 0 Å². The highest BCUT2D eigenvalue weighted by atomic mass is 32.1. The normalized spacial score (nSPS) is 14.4. The van der Waals surface area contributed by atoms with Gasteiger partial charge in [-0.3, -0.25) is 14.2 Å². The molecule has 0 spiro atoms. The molecule has 1 saturated heterocycles. The Balaban J connectivity index is 1.38. The van der Waals surface area contributed by atoms with E-state index in [0.717, 1.165) is 4.88 Å². The molecular weight excluding hydrogens is 364 g/mol. The molecule has 27 heavy (non-hydrogen) atoms. The molecule has 0 aliphatic carbocycles. The molecule has 0 saturated carbocycles. The Morgan fingerprint density at radius 2 is 1.85 bits per heavy atom. The highest BCUT2D eigenvalue weighted by molar-refractivity contribution is 7.13. The van der Waals surface area contributed by atoms with Crippen LogP contribution < -0.4 is 10.5 Å². The Morgan fingerprint density at radius 1 is 1.07 bits per heavy atom. The number of hydrogen-bond acceptors (Lipinski definition) is 7. The van der Waals surface area contributed by atoms with E-state index in [2.05, 4.69) is 15.0 Å². The minimum atomic E-state index is -0.224. The van der Waals surface area contributed by atoms with Crippen LogP contribution in [-0.2, 0) is 11.3 Å².